The second kappa shape index (κ2) is 6.40. The number of alkyl halides is 3. The number of pyridine rings is 1. The van der Waals surface area contributed by atoms with Crippen LogP contribution in [-0.2, 0) is 16.0 Å². The maximum atomic E-state index is 13.1. The van der Waals surface area contributed by atoms with Gasteiger partial charge in [0.2, 0.25) is 0 Å². The highest BCUT2D eigenvalue weighted by molar-refractivity contribution is 7.90. The van der Waals surface area contributed by atoms with Crippen LogP contribution in [0.1, 0.15) is 5.69 Å². The van der Waals surface area contributed by atoms with E-state index >= 15 is 0 Å². The Morgan fingerprint density at radius 1 is 1.04 bits per heavy atom. The lowest BCUT2D eigenvalue weighted by molar-refractivity contribution is -0.140. The molecule has 0 aliphatic carbocycles. The molecule has 0 saturated carbocycles. The van der Waals surface area contributed by atoms with Gasteiger partial charge in [0.15, 0.2) is 21.4 Å². The largest absolute Gasteiger partial charge is 0.434 e. The van der Waals surface area contributed by atoms with Crippen molar-refractivity contribution in [2.45, 2.75) is 11.1 Å². The van der Waals surface area contributed by atoms with Gasteiger partial charge < -0.3 is 0 Å². The Balaban J connectivity index is 2.18. The van der Waals surface area contributed by atoms with E-state index in [-0.39, 0.29) is 21.6 Å². The number of sulfone groups is 1. The van der Waals surface area contributed by atoms with Crippen molar-refractivity contribution >= 4 is 21.4 Å². The lowest BCUT2D eigenvalue weighted by Crippen LogP contribution is -2.05. The van der Waals surface area contributed by atoms with Gasteiger partial charge in [-0.15, -0.1) is 0 Å². The van der Waals surface area contributed by atoms with Gasteiger partial charge in [-0.25, -0.2) is 18.4 Å². The fourth-order valence-electron chi connectivity index (χ4n) is 2.28. The molecule has 2 heterocycles. The van der Waals surface area contributed by atoms with E-state index in [1.807, 2.05) is 0 Å². The third-order valence-corrected chi connectivity index (χ3v) is 4.82. The summed E-state index contributed by atoms with van der Waals surface area (Å²) in [6.07, 6.45) is -2.78. The highest BCUT2D eigenvalue weighted by Gasteiger charge is 2.35. The molecule has 3 rings (SSSR count). The van der Waals surface area contributed by atoms with Gasteiger partial charge in [-0.3, -0.25) is 4.57 Å². The average Bonchev–Trinajstić information content (AvgIpc) is 3.00. The van der Waals surface area contributed by atoms with E-state index in [1.54, 1.807) is 6.07 Å². The average molecular weight is 402 g/mol. The fourth-order valence-corrected chi connectivity index (χ4v) is 3.08. The van der Waals surface area contributed by atoms with Crippen molar-refractivity contribution in [1.82, 2.24) is 14.5 Å². The Kier molecular flexibility index (Phi) is 4.53. The van der Waals surface area contributed by atoms with Crippen molar-refractivity contribution in [3.05, 3.63) is 59.5 Å². The van der Waals surface area contributed by atoms with E-state index in [0.29, 0.717) is 5.69 Å². The molecular weight excluding hydrogens is 391 g/mol. The van der Waals surface area contributed by atoms with Crippen LogP contribution in [-0.4, -0.2) is 29.2 Å². The van der Waals surface area contributed by atoms with Crippen LogP contribution < -0.4 is 0 Å². The van der Waals surface area contributed by atoms with E-state index in [1.165, 1.54) is 41.0 Å². The zero-order valence-electron chi connectivity index (χ0n) is 13.2. The molecular formula is C16H11ClF3N3O2S. The molecule has 26 heavy (non-hydrogen) atoms. The molecule has 5 nitrogen and oxygen atoms in total. The first-order chi connectivity index (χ1) is 12.1. The first kappa shape index (κ1) is 18.4. The summed E-state index contributed by atoms with van der Waals surface area (Å²) < 4.78 is 63.6. The van der Waals surface area contributed by atoms with Crippen molar-refractivity contribution < 1.29 is 21.6 Å². The number of rotatable bonds is 3. The van der Waals surface area contributed by atoms with E-state index < -0.39 is 21.7 Å². The van der Waals surface area contributed by atoms with Crippen LogP contribution in [0, 0.1) is 0 Å². The minimum atomic E-state index is -4.65. The van der Waals surface area contributed by atoms with E-state index in [0.717, 1.165) is 12.5 Å². The fraction of sp³-hybridized carbons (Fsp3) is 0.125. The molecule has 0 unspecified atom stereocenters. The maximum Gasteiger partial charge on any atom is 0.434 e. The summed E-state index contributed by atoms with van der Waals surface area (Å²) in [5.41, 5.74) is -0.640. The Hall–Kier alpha value is -2.39. The number of hydrogen-bond acceptors (Lipinski definition) is 4. The van der Waals surface area contributed by atoms with Gasteiger partial charge in [0.25, 0.3) is 0 Å². The minimum absolute atomic E-state index is 0.0554. The molecule has 0 saturated heterocycles. The maximum absolute atomic E-state index is 13.1. The van der Waals surface area contributed by atoms with Gasteiger partial charge >= 0.3 is 6.18 Å². The molecule has 0 radical (unpaired) electrons. The summed E-state index contributed by atoms with van der Waals surface area (Å²) in [6, 6.07) is 9.93. The predicted molar refractivity (Wildman–Crippen MR) is 89.9 cm³/mol. The van der Waals surface area contributed by atoms with Crippen molar-refractivity contribution in [3.63, 3.8) is 0 Å². The molecule has 1 aromatic carbocycles. The first-order valence-electron chi connectivity index (χ1n) is 7.16. The highest BCUT2D eigenvalue weighted by Crippen LogP contribution is 2.32. The van der Waals surface area contributed by atoms with Gasteiger partial charge in [0.05, 0.1) is 4.90 Å². The van der Waals surface area contributed by atoms with E-state index in [2.05, 4.69) is 9.97 Å². The third kappa shape index (κ3) is 3.73. The summed E-state index contributed by atoms with van der Waals surface area (Å²) >= 11 is 5.82. The minimum Gasteiger partial charge on any atom is -0.298 e. The molecule has 0 aliphatic rings. The highest BCUT2D eigenvalue weighted by atomic mass is 35.5. The smallest absolute Gasteiger partial charge is 0.298 e. The Morgan fingerprint density at radius 2 is 1.69 bits per heavy atom. The van der Waals surface area contributed by atoms with Crippen LogP contribution in [0.25, 0.3) is 17.2 Å². The molecule has 0 spiro atoms. The summed E-state index contributed by atoms with van der Waals surface area (Å²) in [6.45, 7) is 0. The Morgan fingerprint density at radius 3 is 2.23 bits per heavy atom. The zero-order chi connectivity index (χ0) is 19.1. The summed E-state index contributed by atoms with van der Waals surface area (Å²) in [5.74, 6) is -0.0630. The second-order valence-corrected chi connectivity index (χ2v) is 7.83. The molecule has 136 valence electrons. The van der Waals surface area contributed by atoms with Crippen molar-refractivity contribution in [1.29, 1.82) is 0 Å². The number of aromatic nitrogens is 3. The summed E-state index contributed by atoms with van der Waals surface area (Å²) in [4.78, 5) is 7.70. The molecule has 0 fully saturated rings. The number of benzene rings is 1. The molecule has 0 N–H and O–H groups in total. The van der Waals surface area contributed by atoms with Gasteiger partial charge in [-0.1, -0.05) is 17.7 Å². The molecule has 10 heteroatoms. The van der Waals surface area contributed by atoms with Crippen LogP contribution >= 0.6 is 11.6 Å². The molecule has 3 aromatic rings. The van der Waals surface area contributed by atoms with Crippen molar-refractivity contribution in [3.8, 4) is 17.2 Å². The number of halogens is 4. The van der Waals surface area contributed by atoms with Crippen molar-refractivity contribution in [2.24, 2.45) is 0 Å². The first-order valence-corrected chi connectivity index (χ1v) is 9.42. The SMILES string of the molecule is CS(=O)(=O)c1ccc(-n2cc(C(F)(F)F)nc2-c2cccc(Cl)n2)cc1. The number of imidazole rings is 1. The summed E-state index contributed by atoms with van der Waals surface area (Å²) in [7, 11) is -3.42. The van der Waals surface area contributed by atoms with Crippen LogP contribution in [0.3, 0.4) is 0 Å². The van der Waals surface area contributed by atoms with Gasteiger partial charge in [-0.05, 0) is 36.4 Å². The standard InChI is InChI=1S/C16H11ClF3N3O2S/c1-26(24,25)11-7-5-10(6-8-11)23-9-13(16(18,19)20)22-15(23)12-3-2-4-14(17)21-12/h2-9H,1H3. The molecule has 0 amide bonds. The van der Waals surface area contributed by atoms with Gasteiger partial charge in [-0.2, -0.15) is 13.2 Å². The van der Waals surface area contributed by atoms with Gasteiger partial charge in [0, 0.05) is 18.1 Å². The molecule has 0 atom stereocenters. The lowest BCUT2D eigenvalue weighted by atomic mass is 10.3. The topological polar surface area (TPSA) is 64.8 Å². The number of hydrogen-bond donors (Lipinski definition) is 0. The molecule has 0 bridgehead atoms. The second-order valence-electron chi connectivity index (χ2n) is 5.43. The van der Waals surface area contributed by atoms with Crippen LogP contribution in [0.2, 0.25) is 5.15 Å². The zero-order valence-corrected chi connectivity index (χ0v) is 14.8. The van der Waals surface area contributed by atoms with Crippen LogP contribution in [0.15, 0.2) is 53.6 Å². The van der Waals surface area contributed by atoms with Crippen LogP contribution in [0.4, 0.5) is 13.2 Å². The quantitative estimate of drug-likeness (QED) is 0.622. The third-order valence-electron chi connectivity index (χ3n) is 3.48. The monoisotopic (exact) mass is 401 g/mol. The molecule has 0 aliphatic heterocycles. The summed E-state index contributed by atoms with van der Waals surface area (Å²) in [5, 5.41) is 0.109. The van der Waals surface area contributed by atoms with Crippen LogP contribution in [0.5, 0.6) is 0 Å². The van der Waals surface area contributed by atoms with Crippen molar-refractivity contribution in [2.75, 3.05) is 6.26 Å². The number of nitrogens with zero attached hydrogens (tertiary/aromatic N) is 3. The van der Waals surface area contributed by atoms with E-state index in [9.17, 15) is 21.6 Å². The molecule has 2 aromatic heterocycles. The normalized spacial score (nSPS) is 12.3. The van der Waals surface area contributed by atoms with E-state index in [4.69, 9.17) is 11.6 Å². The predicted octanol–water partition coefficient (Wildman–Crippen LogP) is 4.01. The Bertz CT molecular complexity index is 1060. The Labute approximate surface area is 152 Å². The lowest BCUT2D eigenvalue weighted by Gasteiger charge is -2.08. The van der Waals surface area contributed by atoms with Gasteiger partial charge in [0.1, 0.15) is 10.8 Å².